The zero-order chi connectivity index (χ0) is 22.2. The molecule has 0 fully saturated rings. The zero-order valence-electron chi connectivity index (χ0n) is 17.8. The second-order valence-corrected chi connectivity index (χ2v) is 8.55. The molecule has 3 aromatic rings. The van der Waals surface area contributed by atoms with Gasteiger partial charge in [0.15, 0.2) is 0 Å². The predicted molar refractivity (Wildman–Crippen MR) is 128 cm³/mol. The second kappa shape index (κ2) is 10.9. The average Bonchev–Trinajstić information content (AvgIpc) is 2.77. The minimum atomic E-state index is -0.603. The van der Waals surface area contributed by atoms with E-state index in [4.69, 9.17) is 0 Å². The Balaban J connectivity index is 1.93. The zero-order valence-corrected chi connectivity index (χ0v) is 19.4. The van der Waals surface area contributed by atoms with Crippen molar-refractivity contribution in [2.45, 2.75) is 32.4 Å². The summed E-state index contributed by atoms with van der Waals surface area (Å²) < 4.78 is 0.973. The lowest BCUT2D eigenvalue weighted by atomic mass is 10.0. The van der Waals surface area contributed by atoms with Gasteiger partial charge in [-0.2, -0.15) is 0 Å². The van der Waals surface area contributed by atoms with Gasteiger partial charge in [0.05, 0.1) is 6.42 Å². The molecule has 1 atom stereocenters. The Bertz CT molecular complexity index is 1020. The summed E-state index contributed by atoms with van der Waals surface area (Å²) in [5.41, 5.74) is 4.04. The highest BCUT2D eigenvalue weighted by Crippen LogP contribution is 2.18. The van der Waals surface area contributed by atoms with Crippen LogP contribution in [0.25, 0.3) is 0 Å². The minimum absolute atomic E-state index is 0.0713. The van der Waals surface area contributed by atoms with Gasteiger partial charge in [-0.3, -0.25) is 9.59 Å². The highest BCUT2D eigenvalue weighted by atomic mass is 79.9. The van der Waals surface area contributed by atoms with Gasteiger partial charge in [-0.1, -0.05) is 88.2 Å². The van der Waals surface area contributed by atoms with Crippen molar-refractivity contribution in [1.29, 1.82) is 0 Å². The summed E-state index contributed by atoms with van der Waals surface area (Å²) >= 11 is 3.45. The number of likely N-dealkylation sites (N-methyl/N-ethyl adjacent to an activating group) is 1. The maximum absolute atomic E-state index is 13.5. The van der Waals surface area contributed by atoms with Crippen molar-refractivity contribution >= 4 is 27.7 Å². The number of hydrogen-bond acceptors (Lipinski definition) is 2. The summed E-state index contributed by atoms with van der Waals surface area (Å²) in [5, 5.41) is 2.75. The van der Waals surface area contributed by atoms with Crippen LogP contribution in [0.15, 0.2) is 83.3 Å². The van der Waals surface area contributed by atoms with Crippen molar-refractivity contribution in [3.8, 4) is 0 Å². The summed E-state index contributed by atoms with van der Waals surface area (Å²) in [6.07, 6.45) is 0.705. The summed E-state index contributed by atoms with van der Waals surface area (Å²) in [5.74, 6) is -0.239. The molecule has 1 N–H and O–H groups in total. The molecule has 0 saturated carbocycles. The summed E-state index contributed by atoms with van der Waals surface area (Å²) in [6.45, 7) is 2.37. The molecule has 0 radical (unpaired) electrons. The third-order valence-electron chi connectivity index (χ3n) is 5.22. The average molecular weight is 479 g/mol. The fourth-order valence-electron chi connectivity index (χ4n) is 3.61. The molecule has 3 aromatic carbocycles. The molecule has 0 aromatic heterocycles. The highest BCUT2D eigenvalue weighted by molar-refractivity contribution is 9.10. The van der Waals surface area contributed by atoms with Gasteiger partial charge in [0, 0.05) is 24.5 Å². The third-order valence-corrected chi connectivity index (χ3v) is 5.75. The molecule has 2 amide bonds. The summed E-state index contributed by atoms with van der Waals surface area (Å²) in [4.78, 5) is 28.1. The number of halogens is 1. The van der Waals surface area contributed by atoms with Crippen LogP contribution in [0.1, 0.15) is 22.3 Å². The molecular formula is C26H27BrN2O2. The number of benzene rings is 3. The molecule has 160 valence electrons. The number of hydrogen-bond donors (Lipinski definition) is 1. The van der Waals surface area contributed by atoms with Crippen LogP contribution in [0.2, 0.25) is 0 Å². The van der Waals surface area contributed by atoms with E-state index in [0.717, 1.165) is 26.7 Å². The maximum Gasteiger partial charge on any atom is 0.242 e. The largest absolute Gasteiger partial charge is 0.357 e. The molecule has 0 bridgehead atoms. The Hall–Kier alpha value is -2.92. The first-order valence-electron chi connectivity index (χ1n) is 10.3. The van der Waals surface area contributed by atoms with Crippen molar-refractivity contribution in [1.82, 2.24) is 10.2 Å². The Morgan fingerprint density at radius 1 is 0.903 bits per heavy atom. The van der Waals surface area contributed by atoms with Crippen LogP contribution in [0.5, 0.6) is 0 Å². The topological polar surface area (TPSA) is 49.4 Å². The normalized spacial score (nSPS) is 11.6. The van der Waals surface area contributed by atoms with Crippen molar-refractivity contribution in [3.63, 3.8) is 0 Å². The number of carbonyl (C=O) groups is 2. The van der Waals surface area contributed by atoms with E-state index >= 15 is 0 Å². The molecule has 3 rings (SSSR count). The van der Waals surface area contributed by atoms with Gasteiger partial charge in [-0.15, -0.1) is 0 Å². The van der Waals surface area contributed by atoms with Crippen LogP contribution < -0.4 is 5.32 Å². The van der Waals surface area contributed by atoms with E-state index in [1.54, 1.807) is 11.9 Å². The Morgan fingerprint density at radius 2 is 1.58 bits per heavy atom. The molecule has 31 heavy (non-hydrogen) atoms. The van der Waals surface area contributed by atoms with Crippen LogP contribution in [-0.2, 0) is 29.0 Å². The van der Waals surface area contributed by atoms with Crippen LogP contribution in [0, 0.1) is 6.92 Å². The molecular weight excluding hydrogens is 452 g/mol. The number of aryl methyl sites for hydroxylation is 1. The first kappa shape index (κ1) is 22.8. The van der Waals surface area contributed by atoms with Crippen molar-refractivity contribution in [2.24, 2.45) is 0 Å². The van der Waals surface area contributed by atoms with Crippen molar-refractivity contribution < 1.29 is 9.59 Å². The fourth-order valence-corrected chi connectivity index (χ4v) is 3.87. The van der Waals surface area contributed by atoms with E-state index in [0.29, 0.717) is 13.0 Å². The van der Waals surface area contributed by atoms with E-state index in [9.17, 15) is 9.59 Å². The van der Waals surface area contributed by atoms with Gasteiger partial charge in [0.2, 0.25) is 11.8 Å². The molecule has 0 aliphatic rings. The van der Waals surface area contributed by atoms with Crippen molar-refractivity contribution in [2.75, 3.05) is 7.05 Å². The lowest BCUT2D eigenvalue weighted by molar-refractivity contribution is -0.140. The maximum atomic E-state index is 13.5. The molecule has 5 heteroatoms. The van der Waals surface area contributed by atoms with E-state index < -0.39 is 6.04 Å². The first-order chi connectivity index (χ1) is 15.0. The summed E-state index contributed by atoms with van der Waals surface area (Å²) in [7, 11) is 1.61. The van der Waals surface area contributed by atoms with Crippen LogP contribution >= 0.6 is 15.9 Å². The van der Waals surface area contributed by atoms with Crippen molar-refractivity contribution in [3.05, 3.63) is 106 Å². The minimum Gasteiger partial charge on any atom is -0.357 e. The van der Waals surface area contributed by atoms with E-state index in [-0.39, 0.29) is 18.2 Å². The smallest absolute Gasteiger partial charge is 0.242 e. The van der Waals surface area contributed by atoms with Gasteiger partial charge in [-0.25, -0.2) is 0 Å². The molecule has 0 unspecified atom stereocenters. The second-order valence-electron chi connectivity index (χ2n) is 7.63. The van der Waals surface area contributed by atoms with Gasteiger partial charge < -0.3 is 10.2 Å². The number of rotatable bonds is 8. The standard InChI is InChI=1S/C26H27BrN2O2/c1-19-7-6-10-22(15-19)17-25(30)29(18-21-11-13-23(27)14-12-21)24(26(31)28-2)16-20-8-4-3-5-9-20/h3-15,24H,16-18H2,1-2H3,(H,28,31)/t24-/m1/s1. The van der Waals surface area contributed by atoms with E-state index in [1.807, 2.05) is 85.8 Å². The van der Waals surface area contributed by atoms with Gasteiger partial charge in [0.25, 0.3) is 0 Å². The molecule has 0 saturated heterocycles. The Labute approximate surface area is 192 Å². The molecule has 0 spiro atoms. The SMILES string of the molecule is CNC(=O)[C@@H](Cc1ccccc1)N(Cc1ccc(Br)cc1)C(=O)Cc1cccc(C)c1. The number of amides is 2. The highest BCUT2D eigenvalue weighted by Gasteiger charge is 2.29. The lowest BCUT2D eigenvalue weighted by Crippen LogP contribution is -2.50. The van der Waals surface area contributed by atoms with E-state index in [2.05, 4.69) is 21.2 Å². The summed E-state index contributed by atoms with van der Waals surface area (Å²) in [6, 6.07) is 25.0. The van der Waals surface area contributed by atoms with Gasteiger partial charge in [-0.05, 0) is 35.7 Å². The van der Waals surface area contributed by atoms with Crippen LogP contribution in [-0.4, -0.2) is 29.8 Å². The molecule has 0 aliphatic heterocycles. The number of nitrogens with one attached hydrogen (secondary N) is 1. The molecule has 4 nitrogen and oxygen atoms in total. The Kier molecular flexibility index (Phi) is 8.01. The fraction of sp³-hybridized carbons (Fsp3) is 0.231. The number of nitrogens with zero attached hydrogens (tertiary/aromatic N) is 1. The molecule has 0 heterocycles. The first-order valence-corrected chi connectivity index (χ1v) is 11.1. The van der Waals surface area contributed by atoms with Crippen LogP contribution in [0.4, 0.5) is 0 Å². The quantitative estimate of drug-likeness (QED) is 0.510. The lowest BCUT2D eigenvalue weighted by Gasteiger charge is -2.31. The van der Waals surface area contributed by atoms with Crippen LogP contribution in [0.3, 0.4) is 0 Å². The van der Waals surface area contributed by atoms with E-state index in [1.165, 1.54) is 0 Å². The van der Waals surface area contributed by atoms with Gasteiger partial charge >= 0.3 is 0 Å². The Morgan fingerprint density at radius 3 is 2.23 bits per heavy atom. The predicted octanol–water partition coefficient (Wildman–Crippen LogP) is 4.69. The number of carbonyl (C=O) groups excluding carboxylic acids is 2. The monoisotopic (exact) mass is 478 g/mol. The molecule has 0 aliphatic carbocycles. The third kappa shape index (κ3) is 6.53. The van der Waals surface area contributed by atoms with Gasteiger partial charge in [0.1, 0.15) is 6.04 Å².